The monoisotopic (exact) mass is 524 g/mol. The lowest BCUT2D eigenvalue weighted by atomic mass is 10.0. The van der Waals surface area contributed by atoms with Gasteiger partial charge in [0.05, 0.1) is 22.1 Å². The van der Waals surface area contributed by atoms with E-state index in [4.69, 9.17) is 0 Å². The summed E-state index contributed by atoms with van der Waals surface area (Å²) in [5, 5.41) is 2.54. The highest BCUT2D eigenvalue weighted by Crippen LogP contribution is 2.25. The number of benzene rings is 4. The van der Waals surface area contributed by atoms with Crippen molar-refractivity contribution in [3.63, 3.8) is 0 Å². The van der Waals surface area contributed by atoms with E-state index in [2.05, 4.69) is 169 Å². The van der Waals surface area contributed by atoms with Crippen LogP contribution in [0, 0.1) is 0 Å². The first kappa shape index (κ1) is 25.6. The minimum Gasteiger partial charge on any atom is -0.377 e. The van der Waals surface area contributed by atoms with Gasteiger partial charge in [0.2, 0.25) is 11.0 Å². The average molecular weight is 525 g/mol. The van der Waals surface area contributed by atoms with E-state index in [0.717, 1.165) is 13.1 Å². The van der Waals surface area contributed by atoms with Gasteiger partial charge in [0.25, 0.3) is 0 Å². The summed E-state index contributed by atoms with van der Waals surface area (Å²) in [6.45, 7) is 1.68. The normalized spacial score (nSPS) is 11.2. The van der Waals surface area contributed by atoms with Crippen molar-refractivity contribution in [2.45, 2.75) is 13.1 Å². The lowest BCUT2D eigenvalue weighted by Crippen LogP contribution is -2.35. The Balaban J connectivity index is 1.20. The van der Waals surface area contributed by atoms with E-state index in [1.54, 1.807) is 0 Å². The summed E-state index contributed by atoms with van der Waals surface area (Å²) in [7, 11) is 8.39. The highest BCUT2D eigenvalue weighted by Gasteiger charge is 2.15. The molecule has 0 aliphatic carbocycles. The van der Waals surface area contributed by atoms with Crippen LogP contribution >= 0.6 is 0 Å². The van der Waals surface area contributed by atoms with Crippen molar-refractivity contribution >= 4 is 33.2 Å². The van der Waals surface area contributed by atoms with E-state index in [1.165, 1.54) is 55.4 Å². The summed E-state index contributed by atoms with van der Waals surface area (Å²) in [5.74, 6) is 0. The van der Waals surface area contributed by atoms with Gasteiger partial charge in [0, 0.05) is 63.6 Å². The Morgan fingerprint density at radius 2 is 0.825 bits per heavy atom. The number of anilines is 2. The molecule has 0 saturated carbocycles. The van der Waals surface area contributed by atoms with Crippen LogP contribution in [0.25, 0.3) is 32.9 Å². The molecule has 0 amide bonds. The van der Waals surface area contributed by atoms with Crippen LogP contribution in [0.1, 0.15) is 11.1 Å². The zero-order valence-electron chi connectivity index (χ0n) is 23.8. The topological polar surface area (TPSA) is 14.2 Å². The zero-order valence-corrected chi connectivity index (χ0v) is 23.8. The third kappa shape index (κ3) is 5.01. The maximum Gasteiger partial charge on any atom is 0.214 e. The molecule has 0 radical (unpaired) electrons. The van der Waals surface area contributed by atoms with Crippen molar-refractivity contribution in [2.75, 3.05) is 38.0 Å². The molecule has 6 aromatic rings. The highest BCUT2D eigenvalue weighted by molar-refractivity contribution is 5.90. The molecule has 40 heavy (non-hydrogen) atoms. The third-order valence-electron chi connectivity index (χ3n) is 7.71. The van der Waals surface area contributed by atoms with Gasteiger partial charge in [-0.1, -0.05) is 72.8 Å². The van der Waals surface area contributed by atoms with Crippen molar-refractivity contribution < 1.29 is 9.13 Å². The van der Waals surface area contributed by atoms with Gasteiger partial charge < -0.3 is 9.80 Å². The maximum absolute atomic E-state index is 2.33. The van der Waals surface area contributed by atoms with Crippen LogP contribution in [-0.2, 0) is 13.1 Å². The van der Waals surface area contributed by atoms with Crippen LogP contribution in [-0.4, -0.2) is 28.2 Å². The molecule has 2 heterocycles. The molecule has 0 fully saturated rings. The van der Waals surface area contributed by atoms with Crippen LogP contribution in [0.15, 0.2) is 122 Å². The van der Waals surface area contributed by atoms with E-state index in [-0.39, 0.29) is 0 Å². The van der Waals surface area contributed by atoms with Crippen molar-refractivity contribution in [3.05, 3.63) is 133 Å². The zero-order chi connectivity index (χ0) is 27.6. The predicted molar refractivity (Wildman–Crippen MR) is 167 cm³/mol. The fourth-order valence-corrected chi connectivity index (χ4v) is 5.60. The second-order valence-corrected chi connectivity index (χ2v) is 10.9. The van der Waals surface area contributed by atoms with Crippen LogP contribution < -0.4 is 18.9 Å². The molecule has 4 heteroatoms. The first-order chi connectivity index (χ1) is 19.5. The smallest absolute Gasteiger partial charge is 0.214 e. The standard InChI is InChI=1S/C36H36N4/c1-37(2)33-21-23-39(35-11-7-5-9-31(33)35)25-27-13-17-29(18-14-27)30-19-15-28(16-20-30)26-40-24-22-34(38(3)4)32-10-6-8-12-36(32)40/h5-24H,25-26H2,1-4H3/q+2. The molecule has 0 bridgehead atoms. The molecular formula is C36H36N4+2. The Bertz CT molecular complexity index is 1650. The Kier molecular flexibility index (Phi) is 6.91. The quantitative estimate of drug-likeness (QED) is 0.223. The van der Waals surface area contributed by atoms with E-state index >= 15 is 0 Å². The highest BCUT2D eigenvalue weighted by atomic mass is 15.1. The van der Waals surface area contributed by atoms with E-state index < -0.39 is 0 Å². The molecule has 2 aromatic heterocycles. The maximum atomic E-state index is 2.33. The lowest BCUT2D eigenvalue weighted by Gasteiger charge is -2.14. The number of fused-ring (bicyclic) bond motifs is 2. The van der Waals surface area contributed by atoms with Crippen LogP contribution in [0.2, 0.25) is 0 Å². The van der Waals surface area contributed by atoms with E-state index in [9.17, 15) is 0 Å². The minimum absolute atomic E-state index is 0.839. The first-order valence-electron chi connectivity index (χ1n) is 13.8. The number of aromatic nitrogens is 2. The molecule has 0 N–H and O–H groups in total. The fraction of sp³-hybridized carbons (Fsp3) is 0.167. The van der Waals surface area contributed by atoms with Crippen molar-refractivity contribution in [1.29, 1.82) is 0 Å². The molecule has 6 rings (SSSR count). The van der Waals surface area contributed by atoms with Gasteiger partial charge in [-0.2, -0.15) is 9.13 Å². The van der Waals surface area contributed by atoms with Gasteiger partial charge in [-0.05, 0) is 23.3 Å². The van der Waals surface area contributed by atoms with Crippen molar-refractivity contribution in [2.24, 2.45) is 0 Å². The second kappa shape index (κ2) is 10.8. The number of hydrogen-bond acceptors (Lipinski definition) is 2. The van der Waals surface area contributed by atoms with Gasteiger partial charge in [-0.25, -0.2) is 0 Å². The van der Waals surface area contributed by atoms with Gasteiger partial charge in [-0.15, -0.1) is 0 Å². The predicted octanol–water partition coefficient (Wildman–Crippen LogP) is 6.46. The summed E-state index contributed by atoms with van der Waals surface area (Å²) in [4.78, 5) is 4.35. The van der Waals surface area contributed by atoms with Gasteiger partial charge in [0.1, 0.15) is 0 Å². The summed E-state index contributed by atoms with van der Waals surface area (Å²) < 4.78 is 4.66. The van der Waals surface area contributed by atoms with Crippen molar-refractivity contribution in [3.8, 4) is 11.1 Å². The fourth-order valence-electron chi connectivity index (χ4n) is 5.60. The molecule has 4 aromatic carbocycles. The lowest BCUT2D eigenvalue weighted by molar-refractivity contribution is -0.662. The molecule has 0 atom stereocenters. The Morgan fingerprint density at radius 1 is 0.450 bits per heavy atom. The number of para-hydroxylation sites is 2. The molecule has 0 spiro atoms. The molecular weight excluding hydrogens is 488 g/mol. The molecule has 0 unspecified atom stereocenters. The summed E-state index contributed by atoms with van der Waals surface area (Å²) in [5.41, 5.74) is 10.0. The molecule has 0 aliphatic rings. The van der Waals surface area contributed by atoms with E-state index in [0.29, 0.717) is 0 Å². The Morgan fingerprint density at radius 3 is 1.20 bits per heavy atom. The minimum atomic E-state index is 0.839. The Labute approximate surface area is 237 Å². The molecule has 198 valence electrons. The van der Waals surface area contributed by atoms with Crippen LogP contribution in [0.4, 0.5) is 11.4 Å². The molecule has 0 saturated heterocycles. The van der Waals surface area contributed by atoms with Crippen LogP contribution in [0.5, 0.6) is 0 Å². The Hall–Kier alpha value is -4.70. The third-order valence-corrected chi connectivity index (χ3v) is 7.71. The number of pyridine rings is 2. The largest absolute Gasteiger partial charge is 0.377 e. The summed E-state index contributed by atoms with van der Waals surface area (Å²) in [6, 6.07) is 39.6. The van der Waals surface area contributed by atoms with Crippen molar-refractivity contribution in [1.82, 2.24) is 0 Å². The first-order valence-corrected chi connectivity index (χ1v) is 13.8. The average Bonchev–Trinajstić information content (AvgIpc) is 2.98. The second-order valence-electron chi connectivity index (χ2n) is 10.9. The van der Waals surface area contributed by atoms with Gasteiger partial charge >= 0.3 is 0 Å². The number of nitrogens with zero attached hydrogens (tertiary/aromatic N) is 4. The number of hydrogen-bond donors (Lipinski definition) is 0. The van der Waals surface area contributed by atoms with E-state index in [1.807, 2.05) is 0 Å². The van der Waals surface area contributed by atoms with Gasteiger partial charge in [-0.3, -0.25) is 0 Å². The molecule has 0 aliphatic heterocycles. The SMILES string of the molecule is CN(C)c1cc[n+](Cc2ccc(-c3ccc(C[n+]4ccc(N(C)C)c5ccccc54)cc3)cc2)c2ccccc12. The van der Waals surface area contributed by atoms with Gasteiger partial charge in [0.15, 0.2) is 25.5 Å². The number of rotatable bonds is 7. The summed E-state index contributed by atoms with van der Waals surface area (Å²) in [6.07, 6.45) is 4.39. The van der Waals surface area contributed by atoms with Crippen LogP contribution in [0.3, 0.4) is 0 Å². The molecule has 4 nitrogen and oxygen atoms in total. The summed E-state index contributed by atoms with van der Waals surface area (Å²) >= 11 is 0.